The number of nitrogens with two attached hydrogens (primary N) is 1. The van der Waals surface area contributed by atoms with Crippen LogP contribution in [0.1, 0.15) is 18.7 Å². The van der Waals surface area contributed by atoms with Crippen LogP contribution in [0, 0.1) is 10.1 Å². The van der Waals surface area contributed by atoms with Gasteiger partial charge in [0.25, 0.3) is 11.6 Å². The molecule has 0 radical (unpaired) electrons. The number of carboxylic acid groups (broad SMARTS) is 1. The van der Waals surface area contributed by atoms with Gasteiger partial charge in [-0.25, -0.2) is 13.2 Å². The van der Waals surface area contributed by atoms with E-state index >= 15 is 0 Å². The molecular weight excluding hydrogens is 702 g/mol. The third-order valence-corrected chi connectivity index (χ3v) is 7.11. The molecule has 0 aromatic heterocycles. The number of carbonyl (C=O) groups is 2. The number of azo groups is 1. The van der Waals surface area contributed by atoms with Gasteiger partial charge in [-0.15, -0.1) is 16.5 Å². The molecule has 250 valence electrons. The Hall–Kier alpha value is -6.20. The molecule has 0 spiro atoms. The Balaban J connectivity index is 0.000000333. The number of non-ortho nitro benzene ring substituents is 1. The Morgan fingerprint density at radius 3 is 2.31 bits per heavy atom. The summed E-state index contributed by atoms with van der Waals surface area (Å²) in [6.07, 6.45) is 0. The third-order valence-electron chi connectivity index (χ3n) is 6.21. The van der Waals surface area contributed by atoms with Crippen LogP contribution in [0.3, 0.4) is 0 Å². The van der Waals surface area contributed by atoms with Gasteiger partial charge in [0.05, 0.1) is 26.9 Å². The second-order valence-electron chi connectivity index (χ2n) is 9.50. The number of anilines is 2. The minimum atomic E-state index is -4.88. The molecule has 0 unspecified atom stereocenters. The van der Waals surface area contributed by atoms with E-state index in [1.807, 2.05) is 6.07 Å². The maximum absolute atomic E-state index is 12.5. The molecule has 1 amide bonds. The number of nitro benzene ring substituents is 1. The van der Waals surface area contributed by atoms with Crippen molar-refractivity contribution in [2.75, 3.05) is 10.7 Å². The first-order chi connectivity index (χ1) is 22.7. The zero-order valence-corrected chi connectivity index (χ0v) is 27.0. The van der Waals surface area contributed by atoms with Crippen LogP contribution in [0.4, 0.5) is 39.8 Å². The van der Waals surface area contributed by atoms with Gasteiger partial charge in [-0.05, 0) is 37.3 Å². The molecule has 0 fully saturated rings. The number of nitrogen functional groups attached to an aromatic ring is 1. The van der Waals surface area contributed by atoms with Crippen molar-refractivity contribution < 1.29 is 56.5 Å². The van der Waals surface area contributed by atoms with Crippen LogP contribution in [0.2, 0.25) is 0 Å². The molecule has 0 bridgehead atoms. The van der Waals surface area contributed by atoms with E-state index < -0.39 is 43.3 Å². The average Bonchev–Trinajstić information content (AvgIpc) is 3.32. The number of nitrogens with zero attached hydrogens (tertiary/aromatic N) is 7. The average molecular weight is 726 g/mol. The number of aromatic hydroxyl groups is 1. The van der Waals surface area contributed by atoms with E-state index in [0.717, 1.165) is 30.3 Å². The number of phenols is 1. The van der Waals surface area contributed by atoms with Gasteiger partial charge in [0.2, 0.25) is 0 Å². The van der Waals surface area contributed by atoms with Crippen LogP contribution in [0.25, 0.3) is 11.2 Å². The zero-order valence-electron chi connectivity index (χ0n) is 25.9. The minimum absolute atomic E-state index is 0. The molecule has 1 aliphatic rings. The largest absolute Gasteiger partial charge is 2.00 e. The quantitative estimate of drug-likeness (QED) is 0.0610. The van der Waals surface area contributed by atoms with Crippen LogP contribution < -0.4 is 10.7 Å². The summed E-state index contributed by atoms with van der Waals surface area (Å²) in [6, 6.07) is 19.8. The maximum Gasteiger partial charge on any atom is 2.00 e. The number of aromatic carboxylic acids is 1. The molecule has 18 nitrogen and oxygen atoms in total. The van der Waals surface area contributed by atoms with Crippen molar-refractivity contribution in [1.29, 1.82) is 0 Å². The summed E-state index contributed by atoms with van der Waals surface area (Å²) >= 11 is 0. The van der Waals surface area contributed by atoms with Crippen molar-refractivity contribution in [2.45, 2.75) is 11.8 Å². The van der Waals surface area contributed by atoms with Crippen LogP contribution in [-0.4, -0.2) is 51.4 Å². The molecule has 1 heterocycles. The fraction of sp³-hybridized carbons (Fsp3) is 0.0345. The summed E-state index contributed by atoms with van der Waals surface area (Å²) in [7, 11) is -4.88. The smallest absolute Gasteiger partial charge is 0.744 e. The minimum Gasteiger partial charge on any atom is -0.744 e. The molecule has 4 aromatic carbocycles. The SMILES string of the molecule is CC1=NN(c2ccccc2)C(=O)/C1=N\[N-]c1ccccc1C(=O)O.[Cr+2].[H+].[NH-]c1cc(N)c(S(=O)(=O)[O-])cc1N=Nc1cc([N+](=O)[O-])ccc1O. The van der Waals surface area contributed by atoms with Gasteiger partial charge in [-0.2, -0.15) is 15.2 Å². The molecule has 0 saturated carbocycles. The molecule has 0 atom stereocenters. The predicted molar refractivity (Wildman–Crippen MR) is 174 cm³/mol. The van der Waals surface area contributed by atoms with E-state index in [9.17, 15) is 37.8 Å². The number of nitro groups is 1. The number of carbonyl (C=O) groups excluding carboxylic acids is 1. The van der Waals surface area contributed by atoms with Crippen LogP contribution >= 0.6 is 0 Å². The normalized spacial score (nSPS) is 13.3. The first kappa shape index (κ1) is 37.3. The van der Waals surface area contributed by atoms with E-state index in [4.69, 9.17) is 16.6 Å². The first-order valence-electron chi connectivity index (χ1n) is 13.2. The van der Waals surface area contributed by atoms with E-state index in [-0.39, 0.29) is 58.5 Å². The summed E-state index contributed by atoms with van der Waals surface area (Å²) in [6.45, 7) is 1.65. The summed E-state index contributed by atoms with van der Waals surface area (Å²) in [5.41, 5.74) is 16.6. The molecule has 4 aromatic rings. The van der Waals surface area contributed by atoms with E-state index in [0.29, 0.717) is 11.4 Å². The number of para-hydroxylation sites is 1. The van der Waals surface area contributed by atoms with Crippen molar-refractivity contribution in [2.24, 2.45) is 20.4 Å². The molecular formula is C29H23CrN9O9S. The number of phenolic OH excluding ortho intramolecular Hbond substituents is 1. The van der Waals surface area contributed by atoms with Crippen molar-refractivity contribution in [1.82, 2.24) is 0 Å². The number of hydrogen-bond acceptors (Lipinski definition) is 13. The first-order valence-corrected chi connectivity index (χ1v) is 14.6. The van der Waals surface area contributed by atoms with Crippen molar-refractivity contribution in [3.63, 3.8) is 0 Å². The fourth-order valence-electron chi connectivity index (χ4n) is 3.90. The molecule has 49 heavy (non-hydrogen) atoms. The monoisotopic (exact) mass is 725 g/mol. The zero-order chi connectivity index (χ0) is 35.2. The fourth-order valence-corrected chi connectivity index (χ4v) is 4.50. The summed E-state index contributed by atoms with van der Waals surface area (Å²) < 4.78 is 33.2. The van der Waals surface area contributed by atoms with Crippen LogP contribution in [0.5, 0.6) is 5.75 Å². The number of rotatable bonds is 8. The number of amides is 1. The summed E-state index contributed by atoms with van der Waals surface area (Å²) in [5.74, 6) is -1.93. The number of benzene rings is 4. The molecule has 20 heteroatoms. The molecule has 5 rings (SSSR count). The van der Waals surface area contributed by atoms with Crippen LogP contribution in [0.15, 0.2) is 110 Å². The molecule has 0 saturated heterocycles. The van der Waals surface area contributed by atoms with Crippen molar-refractivity contribution in [3.05, 3.63) is 112 Å². The van der Waals surface area contributed by atoms with E-state index in [1.165, 1.54) is 17.1 Å². The second kappa shape index (κ2) is 15.6. The number of hydrazone groups is 1. The predicted octanol–water partition coefficient (Wildman–Crippen LogP) is 6.16. The van der Waals surface area contributed by atoms with Crippen molar-refractivity contribution >= 4 is 73.2 Å². The molecule has 0 aliphatic carbocycles. The van der Waals surface area contributed by atoms with Gasteiger partial charge >= 0.3 is 24.8 Å². The Bertz CT molecular complexity index is 2130. The number of nitrogens with one attached hydrogen (secondary N) is 1. The Morgan fingerprint density at radius 1 is 1.04 bits per heavy atom. The summed E-state index contributed by atoms with van der Waals surface area (Å²) in [4.78, 5) is 32.9. The third kappa shape index (κ3) is 9.00. The van der Waals surface area contributed by atoms with Gasteiger partial charge in [0, 0.05) is 23.4 Å². The Kier molecular flexibility index (Phi) is 11.9. The standard InChI is InChI=1S/C17H14N4O3.C12H10N5O6S.Cr/c1-11-15(16(22)21(20-11)12-7-3-2-4-8-12)19-18-14-10-6-5-9-13(14)17(23)24;13-7-4-8(14)12(24(21,22)23)5-9(7)15-16-10-3-6(17(19)20)1-2-11(10)18;/h2-10H,1H3,(H2,18,20,22,23,24);1-5H,(H5-,13,14,15,16,18,21,22,23);/q;-1;+2/p-1. The van der Waals surface area contributed by atoms with Gasteiger partial charge in [0.1, 0.15) is 27.3 Å². The topological polar surface area (TPSA) is 292 Å². The van der Waals surface area contributed by atoms with Gasteiger partial charge in [-0.3, -0.25) is 14.9 Å². The maximum atomic E-state index is 12.5. The van der Waals surface area contributed by atoms with Crippen LogP contribution in [-0.2, 0) is 32.3 Å². The van der Waals surface area contributed by atoms with E-state index in [2.05, 4.69) is 25.9 Å². The Morgan fingerprint density at radius 2 is 1.67 bits per heavy atom. The molecule has 5 N–H and O–H groups in total. The van der Waals surface area contributed by atoms with Crippen molar-refractivity contribution in [3.8, 4) is 5.75 Å². The number of hydrogen-bond donors (Lipinski definition) is 3. The molecule has 1 aliphatic heterocycles. The van der Waals surface area contributed by atoms with Gasteiger partial charge in [0.15, 0.2) is 0 Å². The second-order valence-corrected chi connectivity index (χ2v) is 10.8. The van der Waals surface area contributed by atoms with Gasteiger partial charge in [-0.1, -0.05) is 42.5 Å². The number of carboxylic acids is 1. The summed E-state index contributed by atoms with van der Waals surface area (Å²) in [5, 5.41) is 45.9. The van der Waals surface area contributed by atoms with E-state index in [1.54, 1.807) is 43.3 Å². The van der Waals surface area contributed by atoms with Gasteiger partial charge < -0.3 is 36.8 Å². The Labute approximate surface area is 289 Å².